The number of nitrogens with zero attached hydrogens (tertiary/aromatic N) is 3. The Kier molecular flexibility index (Phi) is 9.52. The first-order chi connectivity index (χ1) is 19.5. The summed E-state index contributed by atoms with van der Waals surface area (Å²) < 4.78 is 35.2. The molecule has 0 amide bonds. The van der Waals surface area contributed by atoms with Crippen LogP contribution in [0, 0.1) is 11.3 Å². The Morgan fingerprint density at radius 1 is 1.12 bits per heavy atom. The molecule has 0 fully saturated rings. The van der Waals surface area contributed by atoms with Gasteiger partial charge in [-0.25, -0.2) is 9.78 Å². The number of carbonyl (C=O) groups is 1. The number of hydrogen-bond acceptors (Lipinski definition) is 9. The van der Waals surface area contributed by atoms with Crippen LogP contribution in [0.2, 0.25) is 0 Å². The van der Waals surface area contributed by atoms with Crippen LogP contribution in [0.1, 0.15) is 43.8 Å². The first kappa shape index (κ1) is 28.4. The minimum atomic E-state index is -0.458. The van der Waals surface area contributed by atoms with E-state index in [0.717, 1.165) is 24.2 Å². The first-order valence-corrected chi connectivity index (χ1v) is 13.1. The van der Waals surface area contributed by atoms with Gasteiger partial charge < -0.3 is 28.4 Å². The van der Waals surface area contributed by atoms with Crippen LogP contribution in [0.3, 0.4) is 0 Å². The summed E-state index contributed by atoms with van der Waals surface area (Å²) in [6, 6.07) is 11.0. The van der Waals surface area contributed by atoms with Crippen molar-refractivity contribution in [3.8, 4) is 40.5 Å². The second kappa shape index (κ2) is 13.4. The van der Waals surface area contributed by atoms with Crippen LogP contribution in [0.5, 0.6) is 28.7 Å². The average molecular weight is 548 g/mol. The molecule has 2 aromatic carbocycles. The van der Waals surface area contributed by atoms with Gasteiger partial charge in [0, 0.05) is 36.1 Å². The molecule has 0 N–H and O–H groups in total. The molecule has 1 aliphatic heterocycles. The largest absolute Gasteiger partial charge is 0.497 e. The van der Waals surface area contributed by atoms with Crippen LogP contribution in [0.25, 0.3) is 11.8 Å². The predicted octanol–water partition coefficient (Wildman–Crippen LogP) is 5.05. The van der Waals surface area contributed by atoms with Crippen molar-refractivity contribution < 1.29 is 33.2 Å². The molecule has 4 rings (SSSR count). The Hall–Kier alpha value is -4.65. The highest BCUT2D eigenvalue weighted by Crippen LogP contribution is 2.39. The number of methoxy groups -OCH3 is 2. The first-order valence-electron chi connectivity index (χ1n) is 13.1. The van der Waals surface area contributed by atoms with Gasteiger partial charge in [0.05, 0.1) is 38.4 Å². The van der Waals surface area contributed by atoms with Crippen molar-refractivity contribution in [2.45, 2.75) is 39.5 Å². The summed E-state index contributed by atoms with van der Waals surface area (Å²) in [4.78, 5) is 17.9. The van der Waals surface area contributed by atoms with Crippen molar-refractivity contribution in [3.63, 3.8) is 0 Å². The third-order valence-electron chi connectivity index (χ3n) is 6.33. The number of rotatable bonds is 13. The van der Waals surface area contributed by atoms with Gasteiger partial charge in [-0.05, 0) is 37.6 Å². The van der Waals surface area contributed by atoms with Crippen molar-refractivity contribution >= 4 is 12.0 Å². The normalized spacial score (nSPS) is 12.1. The molecule has 0 spiro atoms. The molecule has 0 aliphatic carbocycles. The predicted molar refractivity (Wildman–Crippen MR) is 147 cm³/mol. The van der Waals surface area contributed by atoms with Crippen LogP contribution in [0.4, 0.5) is 0 Å². The van der Waals surface area contributed by atoms with Gasteiger partial charge in [-0.3, -0.25) is 4.57 Å². The van der Waals surface area contributed by atoms with E-state index >= 15 is 0 Å². The molecule has 40 heavy (non-hydrogen) atoms. The number of esters is 1. The fraction of sp³-hybridized carbons (Fsp3) is 0.367. The van der Waals surface area contributed by atoms with Crippen LogP contribution >= 0.6 is 0 Å². The standard InChI is InChI=1S/C30H33N3O7/c1-5-7-8-29-32-18-22(33(29)24-10-9-23(35-3)16-26(24)38-12-11-31)14-21(30(34)37-6-2)13-20-15-27-28(40-19-39-27)17-25(20)36-4/h9-10,14-18H,5-8,12-13,19H2,1-4H3/b21-14+. The molecule has 210 valence electrons. The lowest BCUT2D eigenvalue weighted by atomic mass is 10.0. The third kappa shape index (κ3) is 6.31. The Morgan fingerprint density at radius 3 is 2.62 bits per heavy atom. The Morgan fingerprint density at radius 2 is 1.93 bits per heavy atom. The van der Waals surface area contributed by atoms with Gasteiger partial charge >= 0.3 is 5.97 Å². The molecule has 0 radical (unpaired) electrons. The zero-order valence-corrected chi connectivity index (χ0v) is 23.2. The Balaban J connectivity index is 1.84. The molecular formula is C30H33N3O7. The maximum Gasteiger partial charge on any atom is 0.334 e. The number of aromatic nitrogens is 2. The fourth-order valence-electron chi connectivity index (χ4n) is 4.41. The van der Waals surface area contributed by atoms with E-state index in [4.69, 9.17) is 38.7 Å². The molecule has 0 unspecified atom stereocenters. The number of benzene rings is 2. The number of carbonyl (C=O) groups excluding carboxylic acids is 1. The van der Waals surface area contributed by atoms with E-state index in [1.807, 2.05) is 28.8 Å². The lowest BCUT2D eigenvalue weighted by molar-refractivity contribution is -0.138. The number of imidazole rings is 1. The highest BCUT2D eigenvalue weighted by Gasteiger charge is 2.23. The van der Waals surface area contributed by atoms with Gasteiger partial charge in [-0.15, -0.1) is 0 Å². The molecule has 3 aromatic rings. The van der Waals surface area contributed by atoms with Crippen molar-refractivity contribution in [1.29, 1.82) is 5.26 Å². The van der Waals surface area contributed by atoms with E-state index in [-0.39, 0.29) is 26.4 Å². The van der Waals surface area contributed by atoms with Gasteiger partial charge in [0.2, 0.25) is 6.79 Å². The van der Waals surface area contributed by atoms with E-state index in [1.165, 1.54) is 0 Å². The van der Waals surface area contributed by atoms with Crippen LogP contribution in [0.15, 0.2) is 42.1 Å². The lowest BCUT2D eigenvalue weighted by Crippen LogP contribution is -2.12. The maximum absolute atomic E-state index is 13.2. The second-order valence-electron chi connectivity index (χ2n) is 8.90. The zero-order valence-electron chi connectivity index (χ0n) is 23.2. The van der Waals surface area contributed by atoms with Crippen LogP contribution < -0.4 is 23.7 Å². The minimum absolute atomic E-state index is 0.125. The van der Waals surface area contributed by atoms with Gasteiger partial charge in [0.1, 0.15) is 29.1 Å². The highest BCUT2D eigenvalue weighted by molar-refractivity contribution is 5.94. The Labute approximate surface area is 233 Å². The zero-order chi connectivity index (χ0) is 28.5. The van der Waals surface area contributed by atoms with Crippen molar-refractivity contribution in [2.75, 3.05) is 34.2 Å². The smallest absolute Gasteiger partial charge is 0.334 e. The summed E-state index contributed by atoms with van der Waals surface area (Å²) in [7, 11) is 3.13. The molecule has 2 heterocycles. The van der Waals surface area contributed by atoms with E-state index in [0.29, 0.717) is 52.1 Å². The molecule has 0 saturated heterocycles. The quantitative estimate of drug-likeness (QED) is 0.214. The van der Waals surface area contributed by atoms with E-state index in [1.54, 1.807) is 45.5 Å². The van der Waals surface area contributed by atoms with E-state index in [2.05, 4.69) is 6.92 Å². The van der Waals surface area contributed by atoms with Gasteiger partial charge in [0.25, 0.3) is 0 Å². The molecule has 10 nitrogen and oxygen atoms in total. The number of unbranched alkanes of at least 4 members (excludes halogenated alkanes) is 1. The van der Waals surface area contributed by atoms with E-state index < -0.39 is 5.97 Å². The van der Waals surface area contributed by atoms with Crippen molar-refractivity contribution in [2.24, 2.45) is 0 Å². The number of hydrogen-bond donors (Lipinski definition) is 0. The van der Waals surface area contributed by atoms with Crippen LogP contribution in [-0.2, 0) is 22.4 Å². The Bertz CT molecular complexity index is 1420. The maximum atomic E-state index is 13.2. The number of fused-ring (bicyclic) bond motifs is 1. The third-order valence-corrected chi connectivity index (χ3v) is 6.33. The number of nitriles is 1. The average Bonchev–Trinajstić information content (AvgIpc) is 3.60. The minimum Gasteiger partial charge on any atom is -0.497 e. The van der Waals surface area contributed by atoms with Crippen molar-refractivity contribution in [3.05, 3.63) is 59.2 Å². The summed E-state index contributed by atoms with van der Waals surface area (Å²) in [5.74, 6) is 3.13. The van der Waals surface area contributed by atoms with Gasteiger partial charge in [-0.1, -0.05) is 13.3 Å². The molecule has 0 saturated carbocycles. The molecule has 0 bridgehead atoms. The van der Waals surface area contributed by atoms with Gasteiger partial charge in [0.15, 0.2) is 18.1 Å². The SMILES string of the molecule is CCCCc1ncc(/C=C(\Cc2cc3c(cc2OC)OCO3)C(=O)OCC)n1-c1ccc(OC)cc1OCC#N. The summed E-state index contributed by atoms with van der Waals surface area (Å²) >= 11 is 0. The molecule has 0 atom stereocenters. The van der Waals surface area contributed by atoms with Crippen molar-refractivity contribution in [1.82, 2.24) is 9.55 Å². The number of ether oxygens (including phenoxy) is 6. The lowest BCUT2D eigenvalue weighted by Gasteiger charge is -2.17. The molecule has 1 aromatic heterocycles. The molecule has 1 aliphatic rings. The summed E-state index contributed by atoms with van der Waals surface area (Å²) in [5.41, 5.74) is 2.47. The summed E-state index contributed by atoms with van der Waals surface area (Å²) in [5, 5.41) is 9.16. The highest BCUT2D eigenvalue weighted by atomic mass is 16.7. The second-order valence-corrected chi connectivity index (χ2v) is 8.90. The molecular weight excluding hydrogens is 514 g/mol. The van der Waals surface area contributed by atoms with E-state index in [9.17, 15) is 4.79 Å². The summed E-state index contributed by atoms with van der Waals surface area (Å²) in [6.07, 6.45) is 6.32. The summed E-state index contributed by atoms with van der Waals surface area (Å²) in [6.45, 7) is 4.09. The molecule has 10 heteroatoms. The van der Waals surface area contributed by atoms with Crippen LogP contribution in [-0.4, -0.2) is 49.7 Å². The topological polar surface area (TPSA) is 114 Å². The fourth-order valence-corrected chi connectivity index (χ4v) is 4.41. The monoisotopic (exact) mass is 547 g/mol. The number of aryl methyl sites for hydroxylation is 1. The van der Waals surface area contributed by atoms with Gasteiger partial charge in [-0.2, -0.15) is 5.26 Å².